The van der Waals surface area contributed by atoms with Gasteiger partial charge in [-0.1, -0.05) is 24.3 Å². The first-order valence-electron chi connectivity index (χ1n) is 8.56. The zero-order valence-electron chi connectivity index (χ0n) is 15.2. The van der Waals surface area contributed by atoms with Gasteiger partial charge in [0.1, 0.15) is 5.58 Å². The number of fused-ring (bicyclic) bond motifs is 1. The summed E-state index contributed by atoms with van der Waals surface area (Å²) in [5, 5.41) is 0.517. The molecular formula is C22H18FNO3. The van der Waals surface area contributed by atoms with Crippen LogP contribution >= 0.6 is 0 Å². The van der Waals surface area contributed by atoms with E-state index in [0.29, 0.717) is 22.2 Å². The number of esters is 1. The molecule has 27 heavy (non-hydrogen) atoms. The Hall–Kier alpha value is -3.34. The van der Waals surface area contributed by atoms with Gasteiger partial charge in [0.25, 0.3) is 0 Å². The Kier molecular flexibility index (Phi) is 4.07. The topological polar surface area (TPSA) is 55.2 Å². The van der Waals surface area contributed by atoms with Gasteiger partial charge in [-0.25, -0.2) is 9.18 Å². The second-order valence-electron chi connectivity index (χ2n) is 6.50. The molecule has 0 spiro atoms. The number of aromatic amines is 1. The van der Waals surface area contributed by atoms with E-state index in [1.54, 1.807) is 18.2 Å². The largest absolute Gasteiger partial charge is 0.465 e. The molecule has 0 radical (unpaired) electrons. The number of nitrogens with one attached hydrogen (secondary N) is 1. The summed E-state index contributed by atoms with van der Waals surface area (Å²) >= 11 is 0. The number of carbonyl (C=O) groups excluding carboxylic acids is 1. The van der Waals surface area contributed by atoms with Crippen LogP contribution in [0.25, 0.3) is 33.7 Å². The number of methoxy groups -OCH3 is 1. The fourth-order valence-electron chi connectivity index (χ4n) is 3.22. The quantitative estimate of drug-likeness (QED) is 0.479. The molecule has 0 atom stereocenters. The van der Waals surface area contributed by atoms with Crippen LogP contribution in [0.4, 0.5) is 4.39 Å². The molecule has 1 N–H and O–H groups in total. The van der Waals surface area contributed by atoms with Crippen LogP contribution in [-0.2, 0) is 4.74 Å². The molecule has 0 unspecified atom stereocenters. The molecule has 0 saturated heterocycles. The maximum Gasteiger partial charge on any atom is 0.337 e. The standard InChI is InChI=1S/C22H18FNO3/c1-12-4-5-13(2)20-18(12)19(23)21(27-20)17-11-10-16(24-17)14-6-8-15(9-7-14)22(25)26-3/h4-11,24H,1-3H3. The molecule has 0 saturated carbocycles. The van der Waals surface area contributed by atoms with E-state index in [-0.39, 0.29) is 17.5 Å². The third-order valence-corrected chi connectivity index (χ3v) is 4.73. The second-order valence-corrected chi connectivity index (χ2v) is 6.50. The molecule has 0 bridgehead atoms. The molecule has 2 aromatic heterocycles. The Morgan fingerprint density at radius 1 is 0.963 bits per heavy atom. The van der Waals surface area contributed by atoms with Crippen molar-refractivity contribution in [1.29, 1.82) is 0 Å². The lowest BCUT2D eigenvalue weighted by Gasteiger charge is -2.01. The van der Waals surface area contributed by atoms with E-state index in [1.165, 1.54) is 7.11 Å². The highest BCUT2D eigenvalue weighted by molar-refractivity contribution is 5.90. The molecule has 5 heteroatoms. The Labute approximate surface area is 155 Å². The summed E-state index contributed by atoms with van der Waals surface area (Å²) in [6, 6.07) is 14.5. The summed E-state index contributed by atoms with van der Waals surface area (Å²) in [6.07, 6.45) is 0. The minimum absolute atomic E-state index is 0.194. The number of ether oxygens (including phenoxy) is 1. The van der Waals surface area contributed by atoms with Gasteiger partial charge < -0.3 is 14.1 Å². The number of hydrogen-bond acceptors (Lipinski definition) is 3. The fourth-order valence-corrected chi connectivity index (χ4v) is 3.22. The summed E-state index contributed by atoms with van der Waals surface area (Å²) < 4.78 is 25.5. The summed E-state index contributed by atoms with van der Waals surface area (Å²) in [7, 11) is 1.35. The third kappa shape index (κ3) is 2.81. The predicted octanol–water partition coefficient (Wildman–Crippen LogP) is 5.64. The van der Waals surface area contributed by atoms with Crippen LogP contribution in [0.3, 0.4) is 0 Å². The fraction of sp³-hybridized carbons (Fsp3) is 0.136. The van der Waals surface area contributed by atoms with E-state index in [4.69, 9.17) is 9.15 Å². The van der Waals surface area contributed by atoms with Crippen molar-refractivity contribution in [1.82, 2.24) is 4.98 Å². The number of aryl methyl sites for hydroxylation is 2. The van der Waals surface area contributed by atoms with E-state index in [1.807, 2.05) is 44.2 Å². The SMILES string of the molecule is COC(=O)c1ccc(-c2ccc(-c3oc4c(C)ccc(C)c4c3F)[nH]2)cc1. The summed E-state index contributed by atoms with van der Waals surface area (Å²) in [5.74, 6) is -0.552. The third-order valence-electron chi connectivity index (χ3n) is 4.73. The molecule has 0 aliphatic rings. The van der Waals surface area contributed by atoms with Gasteiger partial charge in [-0.3, -0.25) is 0 Å². The van der Waals surface area contributed by atoms with Gasteiger partial charge in [-0.05, 0) is 54.8 Å². The number of halogens is 1. The lowest BCUT2D eigenvalue weighted by atomic mass is 10.1. The van der Waals surface area contributed by atoms with Gasteiger partial charge in [0, 0.05) is 5.69 Å². The minimum Gasteiger partial charge on any atom is -0.465 e. The van der Waals surface area contributed by atoms with Gasteiger partial charge in [0.2, 0.25) is 0 Å². The van der Waals surface area contributed by atoms with Gasteiger partial charge in [-0.15, -0.1) is 0 Å². The van der Waals surface area contributed by atoms with Crippen molar-refractivity contribution in [2.45, 2.75) is 13.8 Å². The van der Waals surface area contributed by atoms with Crippen molar-refractivity contribution >= 4 is 16.9 Å². The lowest BCUT2D eigenvalue weighted by molar-refractivity contribution is 0.0601. The number of carbonyl (C=O) groups is 1. The molecule has 0 aliphatic carbocycles. The Morgan fingerprint density at radius 3 is 2.30 bits per heavy atom. The molecule has 136 valence electrons. The minimum atomic E-state index is -0.385. The summed E-state index contributed by atoms with van der Waals surface area (Å²) in [5.41, 5.74) is 5.02. The molecule has 0 fully saturated rings. The molecular weight excluding hydrogens is 345 g/mol. The summed E-state index contributed by atoms with van der Waals surface area (Å²) in [4.78, 5) is 14.7. The number of furan rings is 1. The maximum absolute atomic E-state index is 15.0. The van der Waals surface area contributed by atoms with E-state index in [9.17, 15) is 9.18 Å². The smallest absolute Gasteiger partial charge is 0.337 e. The molecule has 4 nitrogen and oxygen atoms in total. The average molecular weight is 363 g/mol. The van der Waals surface area contributed by atoms with Crippen LogP contribution < -0.4 is 0 Å². The highest BCUT2D eigenvalue weighted by Crippen LogP contribution is 2.36. The molecule has 4 aromatic rings. The number of hydrogen-bond donors (Lipinski definition) is 1. The highest BCUT2D eigenvalue weighted by Gasteiger charge is 2.20. The Balaban J connectivity index is 1.74. The number of rotatable bonds is 3. The molecule has 2 heterocycles. The number of aromatic nitrogens is 1. The van der Waals surface area contributed by atoms with Crippen LogP contribution in [0.1, 0.15) is 21.5 Å². The van der Waals surface area contributed by atoms with Gasteiger partial charge in [0.15, 0.2) is 11.6 Å². The van der Waals surface area contributed by atoms with E-state index in [2.05, 4.69) is 4.98 Å². The van der Waals surface area contributed by atoms with Crippen molar-refractivity contribution in [3.05, 3.63) is 71.0 Å². The van der Waals surface area contributed by atoms with Crippen molar-refractivity contribution in [2.24, 2.45) is 0 Å². The van der Waals surface area contributed by atoms with Crippen LogP contribution in [0.5, 0.6) is 0 Å². The van der Waals surface area contributed by atoms with Crippen molar-refractivity contribution < 1.29 is 18.3 Å². The maximum atomic E-state index is 15.0. The van der Waals surface area contributed by atoms with Gasteiger partial charge >= 0.3 is 5.97 Å². The monoisotopic (exact) mass is 363 g/mol. The number of benzene rings is 2. The molecule has 0 amide bonds. The molecule has 0 aliphatic heterocycles. The highest BCUT2D eigenvalue weighted by atomic mass is 19.1. The zero-order valence-corrected chi connectivity index (χ0v) is 15.2. The first kappa shape index (κ1) is 17.1. The van der Waals surface area contributed by atoms with Crippen LogP contribution in [0.15, 0.2) is 52.9 Å². The van der Waals surface area contributed by atoms with Crippen LogP contribution in [-0.4, -0.2) is 18.1 Å². The van der Waals surface area contributed by atoms with Gasteiger partial charge in [0.05, 0.1) is 23.8 Å². The Bertz CT molecular complexity index is 1150. The summed E-state index contributed by atoms with van der Waals surface area (Å²) in [6.45, 7) is 3.77. The van der Waals surface area contributed by atoms with Crippen LogP contribution in [0.2, 0.25) is 0 Å². The van der Waals surface area contributed by atoms with Gasteiger partial charge in [-0.2, -0.15) is 0 Å². The van der Waals surface area contributed by atoms with E-state index in [0.717, 1.165) is 22.4 Å². The lowest BCUT2D eigenvalue weighted by Crippen LogP contribution is -2.00. The van der Waals surface area contributed by atoms with E-state index < -0.39 is 0 Å². The first-order valence-corrected chi connectivity index (χ1v) is 8.56. The predicted molar refractivity (Wildman–Crippen MR) is 102 cm³/mol. The van der Waals surface area contributed by atoms with E-state index >= 15 is 0 Å². The zero-order chi connectivity index (χ0) is 19.1. The second kappa shape index (κ2) is 6.43. The van der Waals surface area contributed by atoms with Crippen molar-refractivity contribution in [3.8, 4) is 22.7 Å². The molecule has 2 aromatic carbocycles. The average Bonchev–Trinajstić information content (AvgIpc) is 3.30. The van der Waals surface area contributed by atoms with Crippen molar-refractivity contribution in [3.63, 3.8) is 0 Å². The number of H-pyrrole nitrogens is 1. The Morgan fingerprint density at radius 2 is 1.63 bits per heavy atom. The van der Waals surface area contributed by atoms with Crippen molar-refractivity contribution in [2.75, 3.05) is 7.11 Å². The van der Waals surface area contributed by atoms with Crippen LogP contribution in [0, 0.1) is 19.7 Å². The first-order chi connectivity index (χ1) is 13.0. The normalized spacial score (nSPS) is 11.1. The molecule has 4 rings (SSSR count).